The van der Waals surface area contributed by atoms with Gasteiger partial charge in [0.05, 0.1) is 17.7 Å². The molecule has 0 N–H and O–H groups in total. The molecule has 2 heterocycles. The second-order valence-electron chi connectivity index (χ2n) is 7.65. The fourth-order valence-electron chi connectivity index (χ4n) is 3.27. The zero-order valence-electron chi connectivity index (χ0n) is 19.0. The summed E-state index contributed by atoms with van der Waals surface area (Å²) in [5.41, 5.74) is 3.50. The first-order chi connectivity index (χ1) is 16.3. The minimum atomic E-state index is 0.514. The van der Waals surface area contributed by atoms with Crippen LogP contribution in [0, 0.1) is 23.7 Å². The zero-order chi connectivity index (χ0) is 23.1. The van der Waals surface area contributed by atoms with Gasteiger partial charge in [-0.2, -0.15) is 0 Å². The van der Waals surface area contributed by atoms with Crippen LogP contribution in [0.5, 0.6) is 5.75 Å². The van der Waals surface area contributed by atoms with Crippen LogP contribution >= 0.6 is 0 Å². The van der Waals surface area contributed by atoms with Crippen molar-refractivity contribution in [2.24, 2.45) is 0 Å². The van der Waals surface area contributed by atoms with Gasteiger partial charge in [-0.15, -0.1) is 0 Å². The Balaban J connectivity index is 1.90. The topological polar surface area (TPSA) is 52.1 Å². The van der Waals surface area contributed by atoms with Gasteiger partial charge in [-0.25, -0.2) is 0 Å². The third-order valence-electron chi connectivity index (χ3n) is 5.04. The second-order valence-corrected chi connectivity index (χ2v) is 7.65. The van der Waals surface area contributed by atoms with Crippen molar-refractivity contribution in [3.05, 3.63) is 89.0 Å². The Labute approximate surface area is 196 Å². The van der Waals surface area contributed by atoms with Crippen molar-refractivity contribution >= 4 is 6.29 Å². The molecule has 0 radical (unpaired) electrons. The number of nitrogens with zero attached hydrogens (tertiary/aromatic N) is 2. The van der Waals surface area contributed by atoms with E-state index < -0.39 is 0 Å². The predicted molar refractivity (Wildman–Crippen MR) is 131 cm³/mol. The lowest BCUT2D eigenvalue weighted by molar-refractivity contribution is 0.112. The van der Waals surface area contributed by atoms with E-state index in [0.29, 0.717) is 29.0 Å². The molecule has 3 rings (SSSR count). The SMILES string of the molecule is CCCCCCCCOc1c(C#Cc2ccncc2)cc(C=O)cc1C#Cc1ccncc1. The third-order valence-corrected chi connectivity index (χ3v) is 5.04. The fourth-order valence-corrected chi connectivity index (χ4v) is 3.27. The van der Waals surface area contributed by atoms with Crippen molar-refractivity contribution in [1.29, 1.82) is 0 Å². The molecule has 0 unspecified atom stereocenters. The number of ether oxygens (including phenoxy) is 1. The minimum Gasteiger partial charge on any atom is -0.491 e. The van der Waals surface area contributed by atoms with E-state index in [4.69, 9.17) is 4.74 Å². The molecule has 166 valence electrons. The Morgan fingerprint density at radius 3 is 1.79 bits per heavy atom. The lowest BCUT2D eigenvalue weighted by Crippen LogP contribution is -2.03. The van der Waals surface area contributed by atoms with E-state index >= 15 is 0 Å². The van der Waals surface area contributed by atoms with Crippen LogP contribution in [0.25, 0.3) is 0 Å². The lowest BCUT2D eigenvalue weighted by atomic mass is 10.0. The molecule has 0 fully saturated rings. The van der Waals surface area contributed by atoms with Crippen LogP contribution in [0.3, 0.4) is 0 Å². The molecule has 1 aromatic carbocycles. The number of aldehydes is 1. The monoisotopic (exact) mass is 436 g/mol. The van der Waals surface area contributed by atoms with E-state index in [9.17, 15) is 4.79 Å². The van der Waals surface area contributed by atoms with Gasteiger partial charge in [0.1, 0.15) is 6.29 Å². The van der Waals surface area contributed by atoms with Crippen molar-refractivity contribution in [3.8, 4) is 29.4 Å². The maximum Gasteiger partial charge on any atom is 0.150 e. The van der Waals surface area contributed by atoms with Crippen LogP contribution in [0.15, 0.2) is 61.2 Å². The van der Waals surface area contributed by atoms with Gasteiger partial charge >= 0.3 is 0 Å². The molecule has 0 aliphatic carbocycles. The smallest absolute Gasteiger partial charge is 0.150 e. The Morgan fingerprint density at radius 2 is 1.27 bits per heavy atom. The number of aromatic nitrogens is 2. The maximum atomic E-state index is 11.6. The van der Waals surface area contributed by atoms with Crippen LogP contribution in [-0.2, 0) is 0 Å². The van der Waals surface area contributed by atoms with Gasteiger partial charge in [0.15, 0.2) is 5.75 Å². The highest BCUT2D eigenvalue weighted by Crippen LogP contribution is 2.26. The maximum absolute atomic E-state index is 11.6. The van der Waals surface area contributed by atoms with E-state index in [-0.39, 0.29) is 0 Å². The van der Waals surface area contributed by atoms with Crippen molar-refractivity contribution in [2.75, 3.05) is 6.61 Å². The number of hydrogen-bond donors (Lipinski definition) is 0. The zero-order valence-corrected chi connectivity index (χ0v) is 19.0. The molecule has 0 saturated heterocycles. The van der Waals surface area contributed by atoms with Gasteiger partial charge in [-0.05, 0) is 42.8 Å². The molecule has 0 atom stereocenters. The summed E-state index contributed by atoms with van der Waals surface area (Å²) < 4.78 is 6.21. The molecule has 0 bridgehead atoms. The Kier molecular flexibility index (Phi) is 9.73. The third kappa shape index (κ3) is 7.95. The normalized spacial score (nSPS) is 9.85. The summed E-state index contributed by atoms with van der Waals surface area (Å²) >= 11 is 0. The Morgan fingerprint density at radius 1 is 0.758 bits per heavy atom. The van der Waals surface area contributed by atoms with Crippen LogP contribution < -0.4 is 4.74 Å². The lowest BCUT2D eigenvalue weighted by Gasteiger charge is -2.12. The first kappa shape index (κ1) is 23.8. The minimum absolute atomic E-state index is 0.514. The largest absolute Gasteiger partial charge is 0.491 e. The van der Waals surface area contributed by atoms with Crippen LogP contribution in [0.2, 0.25) is 0 Å². The number of unbranched alkanes of at least 4 members (excludes halogenated alkanes) is 5. The predicted octanol–water partition coefficient (Wildman–Crippen LogP) is 5.83. The Bertz CT molecular complexity index is 1070. The number of carbonyl (C=O) groups is 1. The van der Waals surface area contributed by atoms with E-state index in [0.717, 1.165) is 30.3 Å². The van der Waals surface area contributed by atoms with Gasteiger partial charge in [0.25, 0.3) is 0 Å². The first-order valence-electron chi connectivity index (χ1n) is 11.4. The quantitative estimate of drug-likeness (QED) is 0.241. The number of carbonyl (C=O) groups excluding carboxylic acids is 1. The molecule has 4 heteroatoms. The summed E-state index contributed by atoms with van der Waals surface area (Å²) in [7, 11) is 0. The van der Waals surface area contributed by atoms with E-state index in [1.165, 1.54) is 25.7 Å². The fraction of sp³-hybridized carbons (Fsp3) is 0.276. The van der Waals surface area contributed by atoms with Crippen molar-refractivity contribution in [3.63, 3.8) is 0 Å². The molecule has 3 aromatic rings. The summed E-state index contributed by atoms with van der Waals surface area (Å²) in [6.45, 7) is 2.80. The molecule has 2 aromatic heterocycles. The highest BCUT2D eigenvalue weighted by atomic mass is 16.5. The standard InChI is InChI=1S/C29H28N2O2/c1-2-3-4-5-6-7-20-33-29-27(10-8-24-12-16-30-17-13-24)21-26(23-32)22-28(29)11-9-25-14-18-31-19-15-25/h12-19,21-23H,2-7,20H2,1H3. The van der Waals surface area contributed by atoms with Crippen LogP contribution in [0.4, 0.5) is 0 Å². The molecular weight excluding hydrogens is 408 g/mol. The molecule has 33 heavy (non-hydrogen) atoms. The van der Waals surface area contributed by atoms with E-state index in [2.05, 4.69) is 40.6 Å². The van der Waals surface area contributed by atoms with Crippen LogP contribution in [-0.4, -0.2) is 22.9 Å². The van der Waals surface area contributed by atoms with Crippen LogP contribution in [0.1, 0.15) is 78.1 Å². The number of rotatable bonds is 9. The Hall–Kier alpha value is -3.89. The molecular formula is C29H28N2O2. The summed E-state index contributed by atoms with van der Waals surface area (Å²) in [5, 5.41) is 0. The molecule has 0 amide bonds. The van der Waals surface area contributed by atoms with Gasteiger partial charge in [0, 0.05) is 41.5 Å². The van der Waals surface area contributed by atoms with Crippen molar-refractivity contribution < 1.29 is 9.53 Å². The number of hydrogen-bond acceptors (Lipinski definition) is 4. The molecule has 4 nitrogen and oxygen atoms in total. The molecule has 0 saturated carbocycles. The van der Waals surface area contributed by atoms with E-state index in [1.54, 1.807) is 36.9 Å². The summed E-state index contributed by atoms with van der Waals surface area (Å²) in [6.07, 6.45) is 14.7. The molecule has 0 aliphatic rings. The van der Waals surface area contributed by atoms with Crippen molar-refractivity contribution in [1.82, 2.24) is 9.97 Å². The first-order valence-corrected chi connectivity index (χ1v) is 11.4. The van der Waals surface area contributed by atoms with E-state index in [1.807, 2.05) is 24.3 Å². The summed E-state index contributed by atoms with van der Waals surface area (Å²) in [6, 6.07) is 10.9. The van der Waals surface area contributed by atoms with Crippen molar-refractivity contribution in [2.45, 2.75) is 45.4 Å². The molecule has 0 aliphatic heterocycles. The highest BCUT2D eigenvalue weighted by Gasteiger charge is 2.11. The highest BCUT2D eigenvalue weighted by molar-refractivity contribution is 5.79. The number of pyridine rings is 2. The van der Waals surface area contributed by atoms with Gasteiger partial charge < -0.3 is 4.74 Å². The van der Waals surface area contributed by atoms with Gasteiger partial charge in [0.2, 0.25) is 0 Å². The average Bonchev–Trinajstić information content (AvgIpc) is 2.87. The summed E-state index contributed by atoms with van der Waals surface area (Å²) in [5.74, 6) is 13.2. The van der Waals surface area contributed by atoms with Gasteiger partial charge in [-0.3, -0.25) is 14.8 Å². The second kappa shape index (κ2) is 13.5. The average molecular weight is 437 g/mol. The number of benzene rings is 1. The molecule has 0 spiro atoms. The summed E-state index contributed by atoms with van der Waals surface area (Å²) in [4.78, 5) is 19.7. The van der Waals surface area contributed by atoms with Gasteiger partial charge in [-0.1, -0.05) is 62.7 Å².